The van der Waals surface area contributed by atoms with Crippen molar-refractivity contribution < 1.29 is 19.2 Å². The molecule has 2 aliphatic rings. The largest absolute Gasteiger partial charge is 0.357 e. The van der Waals surface area contributed by atoms with Crippen LogP contribution < -0.4 is 10.6 Å². The Morgan fingerprint density at radius 2 is 1.90 bits per heavy atom. The van der Waals surface area contributed by atoms with E-state index < -0.39 is 35.7 Å². The SMILES string of the molecule is CNC(=O)C(C)N1C(=O)NC(=O)C(C2CCCC2)C1=O. The van der Waals surface area contributed by atoms with E-state index in [0.717, 1.165) is 30.6 Å². The van der Waals surface area contributed by atoms with Gasteiger partial charge < -0.3 is 5.32 Å². The molecule has 7 heteroatoms. The van der Waals surface area contributed by atoms with Gasteiger partial charge in [0.2, 0.25) is 17.7 Å². The average molecular weight is 281 g/mol. The summed E-state index contributed by atoms with van der Waals surface area (Å²) in [5.74, 6) is -2.40. The van der Waals surface area contributed by atoms with E-state index in [0.29, 0.717) is 0 Å². The Morgan fingerprint density at radius 3 is 2.45 bits per heavy atom. The molecule has 5 amide bonds. The molecule has 2 N–H and O–H groups in total. The molecule has 110 valence electrons. The number of nitrogens with one attached hydrogen (secondary N) is 2. The Bertz CT molecular complexity index is 457. The standard InChI is InChI=1S/C13H19N3O4/c1-7(10(17)14-2)16-12(19)9(8-5-3-4-6-8)11(18)15-13(16)20/h7-9H,3-6H2,1-2H3,(H,14,17)(H,15,18,20). The number of carbonyl (C=O) groups is 4. The molecular weight excluding hydrogens is 262 g/mol. The van der Waals surface area contributed by atoms with E-state index in [1.165, 1.54) is 14.0 Å². The summed E-state index contributed by atoms with van der Waals surface area (Å²) in [5.41, 5.74) is 0. The van der Waals surface area contributed by atoms with Gasteiger partial charge in [0.25, 0.3) is 0 Å². The average Bonchev–Trinajstić information content (AvgIpc) is 2.90. The van der Waals surface area contributed by atoms with Crippen LogP contribution in [-0.2, 0) is 14.4 Å². The van der Waals surface area contributed by atoms with Crippen LogP contribution in [0.15, 0.2) is 0 Å². The molecule has 20 heavy (non-hydrogen) atoms. The highest BCUT2D eigenvalue weighted by Gasteiger charge is 2.47. The molecule has 2 fully saturated rings. The summed E-state index contributed by atoms with van der Waals surface area (Å²) in [4.78, 5) is 48.7. The van der Waals surface area contributed by atoms with E-state index in [2.05, 4.69) is 10.6 Å². The molecule has 1 aliphatic carbocycles. The highest BCUT2D eigenvalue weighted by atomic mass is 16.2. The van der Waals surface area contributed by atoms with Crippen LogP contribution in [0.5, 0.6) is 0 Å². The molecule has 1 heterocycles. The molecule has 1 aliphatic heterocycles. The van der Waals surface area contributed by atoms with Crippen molar-refractivity contribution in [3.05, 3.63) is 0 Å². The lowest BCUT2D eigenvalue weighted by Crippen LogP contribution is -2.63. The van der Waals surface area contributed by atoms with Crippen molar-refractivity contribution >= 4 is 23.8 Å². The summed E-state index contributed by atoms with van der Waals surface area (Å²) in [6.07, 6.45) is 3.59. The fourth-order valence-corrected chi connectivity index (χ4v) is 3.00. The van der Waals surface area contributed by atoms with Crippen LogP contribution in [0.1, 0.15) is 32.6 Å². The number of hydrogen-bond acceptors (Lipinski definition) is 4. The van der Waals surface area contributed by atoms with E-state index in [4.69, 9.17) is 0 Å². The fraction of sp³-hybridized carbons (Fsp3) is 0.692. The molecule has 2 rings (SSSR count). The first-order valence-electron chi connectivity index (χ1n) is 6.87. The van der Waals surface area contributed by atoms with Crippen LogP contribution >= 0.6 is 0 Å². The number of hydrogen-bond donors (Lipinski definition) is 2. The third kappa shape index (κ3) is 2.39. The van der Waals surface area contributed by atoms with Crippen LogP contribution in [-0.4, -0.2) is 41.7 Å². The highest BCUT2D eigenvalue weighted by Crippen LogP contribution is 2.34. The Hall–Kier alpha value is -1.92. The van der Waals surface area contributed by atoms with Crippen molar-refractivity contribution in [1.82, 2.24) is 15.5 Å². The van der Waals surface area contributed by atoms with E-state index in [1.807, 2.05) is 0 Å². The van der Waals surface area contributed by atoms with Crippen molar-refractivity contribution in [3.8, 4) is 0 Å². The van der Waals surface area contributed by atoms with Crippen molar-refractivity contribution in [2.24, 2.45) is 11.8 Å². The quantitative estimate of drug-likeness (QED) is 0.712. The van der Waals surface area contributed by atoms with Gasteiger partial charge in [0.15, 0.2) is 0 Å². The maximum atomic E-state index is 12.5. The number of imide groups is 2. The minimum Gasteiger partial charge on any atom is -0.357 e. The highest BCUT2D eigenvalue weighted by molar-refractivity contribution is 6.17. The van der Waals surface area contributed by atoms with Crippen LogP contribution in [0, 0.1) is 11.8 Å². The number of carbonyl (C=O) groups excluding carboxylic acids is 4. The van der Waals surface area contributed by atoms with E-state index >= 15 is 0 Å². The summed E-state index contributed by atoms with van der Waals surface area (Å²) < 4.78 is 0. The lowest BCUT2D eigenvalue weighted by Gasteiger charge is -2.35. The third-order valence-corrected chi connectivity index (χ3v) is 4.12. The Morgan fingerprint density at radius 1 is 1.30 bits per heavy atom. The molecular formula is C13H19N3O4. The van der Waals surface area contributed by atoms with Gasteiger partial charge in [-0.2, -0.15) is 0 Å². The maximum absolute atomic E-state index is 12.5. The lowest BCUT2D eigenvalue weighted by atomic mass is 9.87. The van der Waals surface area contributed by atoms with Gasteiger partial charge in [0, 0.05) is 7.05 Å². The number of nitrogens with zero attached hydrogens (tertiary/aromatic N) is 1. The normalized spacial score (nSPS) is 25.6. The van der Waals surface area contributed by atoms with Crippen molar-refractivity contribution in [3.63, 3.8) is 0 Å². The van der Waals surface area contributed by atoms with Gasteiger partial charge in [-0.25, -0.2) is 4.79 Å². The molecule has 2 atom stereocenters. The fourth-order valence-electron chi connectivity index (χ4n) is 3.00. The number of rotatable bonds is 3. The maximum Gasteiger partial charge on any atom is 0.331 e. The van der Waals surface area contributed by atoms with E-state index in [9.17, 15) is 19.2 Å². The summed E-state index contributed by atoms with van der Waals surface area (Å²) in [6.45, 7) is 1.47. The summed E-state index contributed by atoms with van der Waals surface area (Å²) in [5, 5.41) is 4.59. The summed E-state index contributed by atoms with van der Waals surface area (Å²) in [6, 6.07) is -1.74. The van der Waals surface area contributed by atoms with Crippen LogP contribution in [0.4, 0.5) is 4.79 Å². The first kappa shape index (κ1) is 14.5. The van der Waals surface area contributed by atoms with E-state index in [-0.39, 0.29) is 5.92 Å². The van der Waals surface area contributed by atoms with Crippen molar-refractivity contribution in [2.75, 3.05) is 7.05 Å². The Kier molecular flexibility index (Phi) is 4.06. The van der Waals surface area contributed by atoms with Gasteiger partial charge in [0.1, 0.15) is 12.0 Å². The lowest BCUT2D eigenvalue weighted by molar-refractivity contribution is -0.149. The van der Waals surface area contributed by atoms with Gasteiger partial charge in [-0.15, -0.1) is 0 Å². The Labute approximate surface area is 117 Å². The number of barbiturate groups is 1. The molecule has 0 aromatic heterocycles. The summed E-state index contributed by atoms with van der Waals surface area (Å²) >= 11 is 0. The molecule has 2 unspecified atom stereocenters. The predicted octanol–water partition coefficient (Wildman–Crippen LogP) is 0.00570. The second-order valence-corrected chi connectivity index (χ2v) is 5.32. The first-order chi connectivity index (χ1) is 9.47. The zero-order valence-electron chi connectivity index (χ0n) is 11.6. The molecule has 7 nitrogen and oxygen atoms in total. The Balaban J connectivity index is 2.24. The monoisotopic (exact) mass is 281 g/mol. The van der Waals surface area contributed by atoms with Gasteiger partial charge in [0.05, 0.1) is 0 Å². The number of likely N-dealkylation sites (N-methyl/N-ethyl adjacent to an activating group) is 1. The van der Waals surface area contributed by atoms with Crippen LogP contribution in [0.2, 0.25) is 0 Å². The zero-order valence-corrected chi connectivity index (χ0v) is 11.6. The van der Waals surface area contributed by atoms with Crippen LogP contribution in [0.25, 0.3) is 0 Å². The van der Waals surface area contributed by atoms with Gasteiger partial charge >= 0.3 is 6.03 Å². The second-order valence-electron chi connectivity index (χ2n) is 5.32. The predicted molar refractivity (Wildman–Crippen MR) is 69.4 cm³/mol. The number of urea groups is 1. The number of amides is 5. The second kappa shape index (κ2) is 5.60. The summed E-state index contributed by atoms with van der Waals surface area (Å²) in [7, 11) is 1.44. The smallest absolute Gasteiger partial charge is 0.331 e. The van der Waals surface area contributed by atoms with Gasteiger partial charge in [-0.3, -0.25) is 24.6 Å². The molecule has 0 spiro atoms. The molecule has 0 aromatic rings. The van der Waals surface area contributed by atoms with Gasteiger partial charge in [-0.05, 0) is 25.7 Å². The first-order valence-corrected chi connectivity index (χ1v) is 6.87. The molecule has 0 aromatic carbocycles. The van der Waals surface area contributed by atoms with Crippen molar-refractivity contribution in [2.45, 2.75) is 38.6 Å². The molecule has 1 saturated carbocycles. The third-order valence-electron chi connectivity index (χ3n) is 4.12. The minimum absolute atomic E-state index is 0.0324. The van der Waals surface area contributed by atoms with Gasteiger partial charge in [-0.1, -0.05) is 12.8 Å². The zero-order chi connectivity index (χ0) is 14.9. The van der Waals surface area contributed by atoms with Crippen LogP contribution in [0.3, 0.4) is 0 Å². The minimum atomic E-state index is -0.926. The molecule has 0 radical (unpaired) electrons. The van der Waals surface area contributed by atoms with E-state index in [1.54, 1.807) is 0 Å². The van der Waals surface area contributed by atoms with Crippen molar-refractivity contribution in [1.29, 1.82) is 0 Å². The molecule has 1 saturated heterocycles. The topological polar surface area (TPSA) is 95.6 Å². The molecule has 0 bridgehead atoms.